The standard InChI is InChI=1S/C23H29N3O3/c1-29-21-10-4-18(5-11-21)23(17-2-3-17)24-22(28)16-25-12-14-26(15-13-25)19-6-8-20(27)9-7-19/h4-11,17,23,27H,2-3,12-16H2,1H3,(H,24,28). The van der Waals surface area contributed by atoms with Crippen molar-refractivity contribution in [2.24, 2.45) is 5.92 Å². The molecule has 2 fully saturated rings. The minimum absolute atomic E-state index is 0.0895. The van der Waals surface area contributed by atoms with Crippen LogP contribution in [0.25, 0.3) is 0 Å². The number of hydrogen-bond donors (Lipinski definition) is 2. The number of piperazine rings is 1. The number of phenols is 1. The minimum Gasteiger partial charge on any atom is -0.508 e. The molecule has 2 aliphatic rings. The summed E-state index contributed by atoms with van der Waals surface area (Å²) in [4.78, 5) is 17.2. The first-order valence-electron chi connectivity index (χ1n) is 10.3. The molecule has 1 unspecified atom stereocenters. The normalized spacial score (nSPS) is 18.3. The lowest BCUT2D eigenvalue weighted by atomic mass is 10.0. The van der Waals surface area contributed by atoms with E-state index in [9.17, 15) is 9.90 Å². The van der Waals surface area contributed by atoms with Crippen molar-refractivity contribution in [3.8, 4) is 11.5 Å². The number of carbonyl (C=O) groups is 1. The Balaban J connectivity index is 1.29. The monoisotopic (exact) mass is 395 g/mol. The van der Waals surface area contributed by atoms with Crippen molar-refractivity contribution in [3.05, 3.63) is 54.1 Å². The molecule has 154 valence electrons. The highest BCUT2D eigenvalue weighted by atomic mass is 16.5. The average molecular weight is 396 g/mol. The molecule has 0 radical (unpaired) electrons. The van der Waals surface area contributed by atoms with Crippen molar-refractivity contribution < 1.29 is 14.6 Å². The van der Waals surface area contributed by atoms with Crippen LogP contribution in [0.15, 0.2) is 48.5 Å². The Labute approximate surface area is 172 Å². The van der Waals surface area contributed by atoms with Gasteiger partial charge >= 0.3 is 0 Å². The third-order valence-electron chi connectivity index (χ3n) is 5.84. The number of amides is 1. The molecule has 1 aliphatic carbocycles. The molecule has 29 heavy (non-hydrogen) atoms. The Hall–Kier alpha value is -2.73. The highest BCUT2D eigenvalue weighted by molar-refractivity contribution is 5.78. The van der Waals surface area contributed by atoms with Gasteiger partial charge in [-0.1, -0.05) is 12.1 Å². The summed E-state index contributed by atoms with van der Waals surface area (Å²) in [7, 11) is 1.66. The summed E-state index contributed by atoms with van der Waals surface area (Å²) in [5, 5.41) is 12.7. The molecule has 2 aromatic rings. The van der Waals surface area contributed by atoms with Gasteiger partial charge in [0.05, 0.1) is 19.7 Å². The van der Waals surface area contributed by atoms with Crippen LogP contribution in [-0.2, 0) is 4.79 Å². The van der Waals surface area contributed by atoms with Crippen LogP contribution >= 0.6 is 0 Å². The smallest absolute Gasteiger partial charge is 0.234 e. The number of phenolic OH excluding ortho intramolecular Hbond substituents is 1. The van der Waals surface area contributed by atoms with Crippen molar-refractivity contribution in [2.75, 3.05) is 44.7 Å². The Morgan fingerprint density at radius 1 is 1.07 bits per heavy atom. The van der Waals surface area contributed by atoms with Crippen molar-refractivity contribution in [3.63, 3.8) is 0 Å². The molecule has 1 saturated carbocycles. The van der Waals surface area contributed by atoms with Crippen LogP contribution in [0.2, 0.25) is 0 Å². The van der Waals surface area contributed by atoms with Crippen molar-refractivity contribution in [1.82, 2.24) is 10.2 Å². The fourth-order valence-electron chi connectivity index (χ4n) is 3.96. The summed E-state index contributed by atoms with van der Waals surface area (Å²) in [6, 6.07) is 15.4. The highest BCUT2D eigenvalue weighted by Gasteiger charge is 2.33. The van der Waals surface area contributed by atoms with Crippen LogP contribution in [0.1, 0.15) is 24.4 Å². The Bertz CT molecular complexity index is 810. The number of methoxy groups -OCH3 is 1. The van der Waals surface area contributed by atoms with E-state index < -0.39 is 0 Å². The molecular weight excluding hydrogens is 366 g/mol. The van der Waals surface area contributed by atoms with E-state index in [2.05, 4.69) is 27.2 Å². The van der Waals surface area contributed by atoms with E-state index in [1.165, 1.54) is 12.8 Å². The molecule has 1 heterocycles. The molecule has 1 amide bonds. The first-order valence-corrected chi connectivity index (χ1v) is 10.3. The van der Waals surface area contributed by atoms with Gasteiger partial charge in [-0.3, -0.25) is 9.69 Å². The number of carbonyl (C=O) groups excluding carboxylic acids is 1. The lowest BCUT2D eigenvalue weighted by Gasteiger charge is -2.36. The van der Waals surface area contributed by atoms with Crippen molar-refractivity contribution in [2.45, 2.75) is 18.9 Å². The van der Waals surface area contributed by atoms with Gasteiger partial charge in [-0.05, 0) is 60.7 Å². The maximum Gasteiger partial charge on any atom is 0.234 e. The number of aromatic hydroxyl groups is 1. The quantitative estimate of drug-likeness (QED) is 0.755. The third-order valence-corrected chi connectivity index (χ3v) is 5.84. The van der Waals surface area contributed by atoms with Crippen LogP contribution in [0.3, 0.4) is 0 Å². The molecule has 0 aromatic heterocycles. The molecule has 1 saturated heterocycles. The fourth-order valence-corrected chi connectivity index (χ4v) is 3.96. The predicted octanol–water partition coefficient (Wildman–Crippen LogP) is 2.79. The third kappa shape index (κ3) is 5.01. The average Bonchev–Trinajstić information content (AvgIpc) is 3.59. The van der Waals surface area contributed by atoms with Crippen molar-refractivity contribution in [1.29, 1.82) is 0 Å². The zero-order chi connectivity index (χ0) is 20.2. The summed E-state index contributed by atoms with van der Waals surface area (Å²) in [5.41, 5.74) is 2.26. The number of ether oxygens (including phenoxy) is 1. The predicted molar refractivity (Wildman–Crippen MR) is 113 cm³/mol. The number of anilines is 1. The number of benzene rings is 2. The van der Waals surface area contributed by atoms with E-state index >= 15 is 0 Å². The first kappa shape index (κ1) is 19.6. The maximum absolute atomic E-state index is 12.7. The molecule has 6 heteroatoms. The second-order valence-corrected chi connectivity index (χ2v) is 7.94. The topological polar surface area (TPSA) is 65.0 Å². The molecular formula is C23H29N3O3. The van der Waals surface area contributed by atoms with Crippen LogP contribution in [0.4, 0.5) is 5.69 Å². The van der Waals surface area contributed by atoms with Crippen molar-refractivity contribution >= 4 is 11.6 Å². The number of hydrogen-bond acceptors (Lipinski definition) is 5. The van der Waals surface area contributed by atoms with Crippen LogP contribution in [0.5, 0.6) is 11.5 Å². The Kier molecular flexibility index (Phi) is 5.90. The van der Waals surface area contributed by atoms with E-state index in [0.717, 1.165) is 43.2 Å². The van der Waals surface area contributed by atoms with E-state index in [0.29, 0.717) is 12.5 Å². The van der Waals surface area contributed by atoms with Gasteiger partial charge in [0.15, 0.2) is 0 Å². The summed E-state index contributed by atoms with van der Waals surface area (Å²) in [5.74, 6) is 1.75. The summed E-state index contributed by atoms with van der Waals surface area (Å²) < 4.78 is 5.24. The molecule has 1 aliphatic heterocycles. The van der Waals surface area contributed by atoms with Gasteiger partial charge in [0, 0.05) is 31.9 Å². The van der Waals surface area contributed by atoms with Gasteiger partial charge in [-0.15, -0.1) is 0 Å². The van der Waals surface area contributed by atoms with Gasteiger partial charge in [0.2, 0.25) is 5.91 Å². The molecule has 0 bridgehead atoms. The molecule has 6 nitrogen and oxygen atoms in total. The van der Waals surface area contributed by atoms with E-state index in [4.69, 9.17) is 4.74 Å². The number of nitrogens with zero attached hydrogens (tertiary/aromatic N) is 2. The minimum atomic E-state index is 0.0895. The van der Waals surface area contributed by atoms with Crippen LogP contribution in [-0.4, -0.2) is 55.7 Å². The van der Waals surface area contributed by atoms with E-state index in [-0.39, 0.29) is 17.7 Å². The molecule has 0 spiro atoms. The largest absolute Gasteiger partial charge is 0.508 e. The van der Waals surface area contributed by atoms with Gasteiger partial charge < -0.3 is 20.1 Å². The summed E-state index contributed by atoms with van der Waals surface area (Å²) in [6.07, 6.45) is 2.34. The molecule has 4 rings (SSSR count). The zero-order valence-electron chi connectivity index (χ0n) is 16.9. The summed E-state index contributed by atoms with van der Waals surface area (Å²) >= 11 is 0. The van der Waals surface area contributed by atoms with Crippen LogP contribution < -0.4 is 15.0 Å². The van der Waals surface area contributed by atoms with Gasteiger partial charge in [-0.2, -0.15) is 0 Å². The van der Waals surface area contributed by atoms with E-state index in [1.807, 2.05) is 24.3 Å². The second-order valence-electron chi connectivity index (χ2n) is 7.94. The molecule has 1 atom stereocenters. The summed E-state index contributed by atoms with van der Waals surface area (Å²) in [6.45, 7) is 3.89. The zero-order valence-corrected chi connectivity index (χ0v) is 16.9. The second kappa shape index (κ2) is 8.74. The maximum atomic E-state index is 12.7. The molecule has 2 aromatic carbocycles. The Morgan fingerprint density at radius 3 is 2.31 bits per heavy atom. The SMILES string of the molecule is COc1ccc(C(NC(=O)CN2CCN(c3ccc(O)cc3)CC2)C2CC2)cc1. The lowest BCUT2D eigenvalue weighted by molar-refractivity contribution is -0.123. The van der Waals surface area contributed by atoms with E-state index in [1.54, 1.807) is 19.2 Å². The highest BCUT2D eigenvalue weighted by Crippen LogP contribution is 2.41. The fraction of sp³-hybridized carbons (Fsp3) is 0.435. The number of nitrogens with one attached hydrogen (secondary N) is 1. The first-order chi connectivity index (χ1) is 14.1. The van der Waals surface area contributed by atoms with Gasteiger partial charge in [-0.25, -0.2) is 0 Å². The Morgan fingerprint density at radius 2 is 1.72 bits per heavy atom. The molecule has 2 N–H and O–H groups in total. The lowest BCUT2D eigenvalue weighted by Crippen LogP contribution is -2.50. The van der Waals surface area contributed by atoms with Crippen LogP contribution in [0, 0.1) is 5.92 Å². The number of rotatable bonds is 7. The van der Waals surface area contributed by atoms with Gasteiger partial charge in [0.25, 0.3) is 0 Å². The van der Waals surface area contributed by atoms with Gasteiger partial charge in [0.1, 0.15) is 11.5 Å².